The molecule has 2 heteroatoms. The van der Waals surface area contributed by atoms with Crippen molar-refractivity contribution in [2.45, 2.75) is 6.42 Å². The molecule has 0 aliphatic carbocycles. The van der Waals surface area contributed by atoms with E-state index in [-0.39, 0.29) is 0 Å². The van der Waals surface area contributed by atoms with Gasteiger partial charge >= 0.3 is 0 Å². The molecule has 7 rings (SSSR count). The summed E-state index contributed by atoms with van der Waals surface area (Å²) < 4.78 is 0. The molecule has 0 fully saturated rings. The zero-order chi connectivity index (χ0) is 30.3. The molecule has 2 nitrogen and oxygen atoms in total. The largest absolute Gasteiger partial charge is 0.310 e. The van der Waals surface area contributed by atoms with Gasteiger partial charge in [-0.1, -0.05) is 127 Å². The van der Waals surface area contributed by atoms with E-state index in [0.717, 1.165) is 40.5 Å². The minimum atomic E-state index is 0.810. The molecule has 0 saturated heterocycles. The third-order valence-electron chi connectivity index (χ3n) is 8.01. The lowest BCUT2D eigenvalue weighted by atomic mass is 9.99. The van der Waals surface area contributed by atoms with Crippen molar-refractivity contribution in [2.24, 2.45) is 0 Å². The minimum Gasteiger partial charge on any atom is -0.310 e. The molecule has 7 aromatic carbocycles. The van der Waals surface area contributed by atoms with Crippen LogP contribution < -0.4 is 9.80 Å². The first-order chi connectivity index (χ1) is 22.3. The lowest BCUT2D eigenvalue weighted by molar-refractivity contribution is 1.16. The van der Waals surface area contributed by atoms with Crippen LogP contribution in [0.4, 0.5) is 34.1 Å². The summed E-state index contributed by atoms with van der Waals surface area (Å²) in [5.74, 6) is 0. The summed E-state index contributed by atoms with van der Waals surface area (Å²) in [4.78, 5) is 4.69. The SMILES string of the molecule is c1ccc(-c2ccc(Cc3cc(N(c4ccccc4)c4ccccc4)cc(N(c4ccccc4)c4ccccc4)c3)cc2)cc1. The van der Waals surface area contributed by atoms with E-state index in [4.69, 9.17) is 0 Å². The quantitative estimate of drug-likeness (QED) is 0.168. The average Bonchev–Trinajstić information content (AvgIpc) is 3.11. The van der Waals surface area contributed by atoms with Crippen LogP contribution in [0.2, 0.25) is 0 Å². The molecule has 0 aliphatic heterocycles. The zero-order valence-electron chi connectivity index (χ0n) is 25.1. The normalized spacial score (nSPS) is 10.8. The van der Waals surface area contributed by atoms with Crippen LogP contribution in [0.3, 0.4) is 0 Å². The van der Waals surface area contributed by atoms with Crippen molar-refractivity contribution >= 4 is 34.1 Å². The van der Waals surface area contributed by atoms with Gasteiger partial charge in [-0.25, -0.2) is 0 Å². The molecular formula is C43H34N2. The number of para-hydroxylation sites is 4. The smallest absolute Gasteiger partial charge is 0.0485 e. The molecule has 0 aliphatic rings. The van der Waals surface area contributed by atoms with Crippen LogP contribution in [-0.2, 0) is 6.42 Å². The lowest BCUT2D eigenvalue weighted by Crippen LogP contribution is -2.14. The van der Waals surface area contributed by atoms with E-state index in [1.165, 1.54) is 22.3 Å². The van der Waals surface area contributed by atoms with Gasteiger partial charge in [-0.2, -0.15) is 0 Å². The molecule has 216 valence electrons. The predicted molar refractivity (Wildman–Crippen MR) is 190 cm³/mol. The second-order valence-corrected chi connectivity index (χ2v) is 11.1. The molecule has 0 N–H and O–H groups in total. The van der Waals surface area contributed by atoms with Crippen molar-refractivity contribution < 1.29 is 0 Å². The number of hydrogen-bond donors (Lipinski definition) is 0. The zero-order valence-corrected chi connectivity index (χ0v) is 25.1. The highest BCUT2D eigenvalue weighted by atomic mass is 15.2. The Labute approximate surface area is 266 Å². The van der Waals surface area contributed by atoms with Crippen LogP contribution in [-0.4, -0.2) is 0 Å². The van der Waals surface area contributed by atoms with Crippen LogP contribution in [0.15, 0.2) is 194 Å². The summed E-state index contributed by atoms with van der Waals surface area (Å²) >= 11 is 0. The summed E-state index contributed by atoms with van der Waals surface area (Å²) in [6, 6.07) is 69.0. The maximum atomic E-state index is 2.35. The van der Waals surface area contributed by atoms with E-state index in [1.807, 2.05) is 0 Å². The van der Waals surface area contributed by atoms with Crippen molar-refractivity contribution in [2.75, 3.05) is 9.80 Å². The minimum absolute atomic E-state index is 0.810. The highest BCUT2D eigenvalue weighted by Gasteiger charge is 2.18. The first-order valence-corrected chi connectivity index (χ1v) is 15.4. The van der Waals surface area contributed by atoms with Crippen LogP contribution in [0.25, 0.3) is 11.1 Å². The number of hydrogen-bond acceptors (Lipinski definition) is 2. The van der Waals surface area contributed by atoms with Crippen molar-refractivity contribution in [3.63, 3.8) is 0 Å². The van der Waals surface area contributed by atoms with E-state index in [0.29, 0.717) is 0 Å². The van der Waals surface area contributed by atoms with Crippen LogP contribution in [0.5, 0.6) is 0 Å². The van der Waals surface area contributed by atoms with Gasteiger partial charge in [0, 0.05) is 34.1 Å². The van der Waals surface area contributed by atoms with Gasteiger partial charge in [0.25, 0.3) is 0 Å². The Kier molecular flexibility index (Phi) is 8.19. The van der Waals surface area contributed by atoms with Gasteiger partial charge in [0.1, 0.15) is 0 Å². The van der Waals surface area contributed by atoms with Gasteiger partial charge in [-0.15, -0.1) is 0 Å². The fraction of sp³-hybridized carbons (Fsp3) is 0.0233. The van der Waals surface area contributed by atoms with E-state index in [9.17, 15) is 0 Å². The second kappa shape index (κ2) is 13.2. The molecular weight excluding hydrogens is 544 g/mol. The van der Waals surface area contributed by atoms with E-state index < -0.39 is 0 Å². The van der Waals surface area contributed by atoms with Crippen LogP contribution >= 0.6 is 0 Å². The highest BCUT2D eigenvalue weighted by Crippen LogP contribution is 2.41. The Bertz CT molecular complexity index is 1760. The Morgan fingerprint density at radius 3 is 0.978 bits per heavy atom. The molecule has 0 aromatic heterocycles. The Hall–Kier alpha value is -5.86. The Morgan fingerprint density at radius 1 is 0.267 bits per heavy atom. The molecule has 0 bridgehead atoms. The number of anilines is 6. The molecule has 0 atom stereocenters. The van der Waals surface area contributed by atoms with E-state index in [1.54, 1.807) is 0 Å². The summed E-state index contributed by atoms with van der Waals surface area (Å²) in [6.45, 7) is 0. The second-order valence-electron chi connectivity index (χ2n) is 11.1. The fourth-order valence-corrected chi connectivity index (χ4v) is 5.90. The Balaban J connectivity index is 1.37. The van der Waals surface area contributed by atoms with E-state index >= 15 is 0 Å². The van der Waals surface area contributed by atoms with Crippen molar-refractivity contribution in [1.29, 1.82) is 0 Å². The van der Waals surface area contributed by atoms with Gasteiger partial charge in [0.05, 0.1) is 0 Å². The van der Waals surface area contributed by atoms with Crippen molar-refractivity contribution in [1.82, 2.24) is 0 Å². The number of rotatable bonds is 9. The first kappa shape index (κ1) is 27.9. The fourth-order valence-electron chi connectivity index (χ4n) is 5.90. The third-order valence-corrected chi connectivity index (χ3v) is 8.01. The molecule has 0 spiro atoms. The number of nitrogens with zero attached hydrogens (tertiary/aromatic N) is 2. The summed E-state index contributed by atoms with van der Waals surface area (Å²) in [6.07, 6.45) is 0.810. The Morgan fingerprint density at radius 2 is 0.600 bits per heavy atom. The maximum Gasteiger partial charge on any atom is 0.0485 e. The van der Waals surface area contributed by atoms with Gasteiger partial charge in [0.15, 0.2) is 0 Å². The topological polar surface area (TPSA) is 6.48 Å². The summed E-state index contributed by atoms with van der Waals surface area (Å²) in [5.41, 5.74) is 11.7. The number of benzene rings is 7. The standard InChI is InChI=1S/C43H34N2/c1-6-16-36(17-7-1)37-28-26-34(27-29-37)30-35-31-42(44(38-18-8-2-9-19-38)39-20-10-3-11-21-39)33-43(32-35)45(40-22-12-4-13-23-40)41-24-14-5-15-25-41/h1-29,31-33H,30H2. The maximum absolute atomic E-state index is 2.35. The van der Waals surface area contributed by atoms with Crippen molar-refractivity contribution in [3.05, 3.63) is 205 Å². The third kappa shape index (κ3) is 6.41. The monoisotopic (exact) mass is 578 g/mol. The van der Waals surface area contributed by atoms with Crippen LogP contribution in [0.1, 0.15) is 11.1 Å². The molecule has 0 saturated carbocycles. The molecule has 0 radical (unpaired) electrons. The first-order valence-electron chi connectivity index (χ1n) is 15.4. The summed E-state index contributed by atoms with van der Waals surface area (Å²) in [5, 5.41) is 0. The molecule has 0 amide bonds. The molecule has 45 heavy (non-hydrogen) atoms. The lowest BCUT2D eigenvalue weighted by Gasteiger charge is -2.30. The molecule has 7 aromatic rings. The van der Waals surface area contributed by atoms with Gasteiger partial charge < -0.3 is 9.80 Å². The molecule has 0 heterocycles. The van der Waals surface area contributed by atoms with Gasteiger partial charge in [-0.05, 0) is 95.4 Å². The summed E-state index contributed by atoms with van der Waals surface area (Å²) in [7, 11) is 0. The average molecular weight is 579 g/mol. The van der Waals surface area contributed by atoms with E-state index in [2.05, 4.69) is 204 Å². The van der Waals surface area contributed by atoms with Gasteiger partial charge in [0.2, 0.25) is 0 Å². The predicted octanol–water partition coefficient (Wildman–Crippen LogP) is 11.9. The van der Waals surface area contributed by atoms with Crippen LogP contribution in [0, 0.1) is 0 Å². The molecule has 0 unspecified atom stereocenters. The highest BCUT2D eigenvalue weighted by molar-refractivity contribution is 5.83. The van der Waals surface area contributed by atoms with Crippen molar-refractivity contribution in [3.8, 4) is 11.1 Å². The van der Waals surface area contributed by atoms with Gasteiger partial charge in [-0.3, -0.25) is 0 Å².